The molecule has 0 aromatic rings. The van der Waals surface area contributed by atoms with Gasteiger partial charge in [-0.2, -0.15) is 0 Å². The molecular formula is C8H12O2. The van der Waals surface area contributed by atoms with Gasteiger partial charge in [0.05, 0.1) is 0 Å². The van der Waals surface area contributed by atoms with E-state index in [-0.39, 0.29) is 11.5 Å². The minimum absolute atomic E-state index is 0.0281. The van der Waals surface area contributed by atoms with Gasteiger partial charge in [0.1, 0.15) is 0 Å². The largest absolute Gasteiger partial charge is 0.505 e. The van der Waals surface area contributed by atoms with E-state index >= 15 is 0 Å². The lowest BCUT2D eigenvalue weighted by atomic mass is 10.0. The molecule has 56 valence electrons. The third kappa shape index (κ3) is 1.87. The third-order valence-corrected chi connectivity index (χ3v) is 1.73. The van der Waals surface area contributed by atoms with Crippen molar-refractivity contribution in [1.29, 1.82) is 0 Å². The molecular weight excluding hydrogens is 128 g/mol. The van der Waals surface area contributed by atoms with E-state index in [1.165, 1.54) is 0 Å². The second-order valence-electron chi connectivity index (χ2n) is 2.61. The Kier molecular flexibility index (Phi) is 2.49. The second kappa shape index (κ2) is 3.40. The molecule has 1 rings (SSSR count). The summed E-state index contributed by atoms with van der Waals surface area (Å²) in [6, 6.07) is 0. The maximum absolute atomic E-state index is 10.8. The SMILES string of the molecule is O=C1CCCCC/C=C\1O. The molecule has 0 amide bonds. The van der Waals surface area contributed by atoms with Crippen molar-refractivity contribution in [2.45, 2.75) is 32.1 Å². The first-order valence-electron chi connectivity index (χ1n) is 3.73. The number of aliphatic hydroxyl groups is 1. The van der Waals surface area contributed by atoms with Crippen LogP contribution in [-0.2, 0) is 4.79 Å². The van der Waals surface area contributed by atoms with Crippen molar-refractivity contribution in [3.8, 4) is 0 Å². The van der Waals surface area contributed by atoms with Crippen LogP contribution < -0.4 is 0 Å². The zero-order valence-corrected chi connectivity index (χ0v) is 5.97. The first-order chi connectivity index (χ1) is 4.80. The Morgan fingerprint density at radius 2 is 2.10 bits per heavy atom. The fourth-order valence-electron chi connectivity index (χ4n) is 1.09. The Hall–Kier alpha value is -0.790. The van der Waals surface area contributed by atoms with Gasteiger partial charge in [-0.3, -0.25) is 4.79 Å². The van der Waals surface area contributed by atoms with Crippen LogP contribution >= 0.6 is 0 Å². The number of carbonyl (C=O) groups is 1. The predicted molar refractivity (Wildman–Crippen MR) is 38.8 cm³/mol. The van der Waals surface area contributed by atoms with Gasteiger partial charge in [0.25, 0.3) is 0 Å². The van der Waals surface area contributed by atoms with E-state index in [4.69, 9.17) is 5.11 Å². The summed E-state index contributed by atoms with van der Waals surface area (Å²) in [5.41, 5.74) is 0. The Morgan fingerprint density at radius 1 is 1.30 bits per heavy atom. The Morgan fingerprint density at radius 3 is 2.90 bits per heavy atom. The summed E-state index contributed by atoms with van der Waals surface area (Å²) in [7, 11) is 0. The minimum atomic E-state index is -0.0975. The summed E-state index contributed by atoms with van der Waals surface area (Å²) in [4.78, 5) is 10.8. The highest BCUT2D eigenvalue weighted by Gasteiger charge is 2.08. The molecule has 10 heavy (non-hydrogen) atoms. The molecule has 0 unspecified atom stereocenters. The molecule has 0 heterocycles. The molecule has 0 atom stereocenters. The lowest BCUT2D eigenvalue weighted by molar-refractivity contribution is -0.118. The van der Waals surface area contributed by atoms with Crippen LogP contribution in [0, 0.1) is 0 Å². The molecule has 0 aliphatic heterocycles. The van der Waals surface area contributed by atoms with Crippen LogP contribution in [0.1, 0.15) is 32.1 Å². The van der Waals surface area contributed by atoms with Gasteiger partial charge in [0, 0.05) is 6.42 Å². The normalized spacial score (nSPS) is 26.4. The van der Waals surface area contributed by atoms with E-state index in [9.17, 15) is 4.79 Å². The zero-order chi connectivity index (χ0) is 7.40. The van der Waals surface area contributed by atoms with E-state index in [1.54, 1.807) is 6.08 Å². The minimum Gasteiger partial charge on any atom is -0.505 e. The summed E-state index contributed by atoms with van der Waals surface area (Å²) in [5.74, 6) is -0.126. The van der Waals surface area contributed by atoms with Crippen LogP contribution in [0.2, 0.25) is 0 Å². The number of hydrogen-bond donors (Lipinski definition) is 1. The van der Waals surface area contributed by atoms with Crippen molar-refractivity contribution in [3.63, 3.8) is 0 Å². The van der Waals surface area contributed by atoms with Crippen molar-refractivity contribution in [2.75, 3.05) is 0 Å². The van der Waals surface area contributed by atoms with Gasteiger partial charge in [0.2, 0.25) is 0 Å². The van der Waals surface area contributed by atoms with Crippen molar-refractivity contribution < 1.29 is 9.90 Å². The van der Waals surface area contributed by atoms with E-state index in [1.807, 2.05) is 0 Å². The Labute approximate surface area is 60.6 Å². The lowest BCUT2D eigenvalue weighted by Crippen LogP contribution is -2.03. The van der Waals surface area contributed by atoms with E-state index in [0.717, 1.165) is 25.7 Å². The van der Waals surface area contributed by atoms with Gasteiger partial charge in [-0.25, -0.2) is 0 Å². The molecule has 0 radical (unpaired) electrons. The number of ketones is 1. The number of rotatable bonds is 0. The van der Waals surface area contributed by atoms with Crippen LogP contribution in [0.4, 0.5) is 0 Å². The third-order valence-electron chi connectivity index (χ3n) is 1.73. The highest BCUT2D eigenvalue weighted by atomic mass is 16.3. The van der Waals surface area contributed by atoms with E-state index < -0.39 is 0 Å². The van der Waals surface area contributed by atoms with E-state index in [0.29, 0.717) is 6.42 Å². The summed E-state index contributed by atoms with van der Waals surface area (Å²) in [5, 5.41) is 8.99. The molecule has 1 aliphatic rings. The first kappa shape index (κ1) is 7.32. The van der Waals surface area contributed by atoms with Gasteiger partial charge >= 0.3 is 0 Å². The smallest absolute Gasteiger partial charge is 0.196 e. The molecule has 2 nitrogen and oxygen atoms in total. The van der Waals surface area contributed by atoms with Crippen LogP contribution in [0.25, 0.3) is 0 Å². The summed E-state index contributed by atoms with van der Waals surface area (Å²) in [6.07, 6.45) is 6.12. The van der Waals surface area contributed by atoms with Gasteiger partial charge in [0.15, 0.2) is 11.5 Å². The summed E-state index contributed by atoms with van der Waals surface area (Å²) >= 11 is 0. The van der Waals surface area contributed by atoms with Crippen LogP contribution in [0.5, 0.6) is 0 Å². The van der Waals surface area contributed by atoms with Crippen LogP contribution in [-0.4, -0.2) is 10.9 Å². The molecule has 0 saturated carbocycles. The number of aliphatic hydroxyl groups excluding tert-OH is 1. The number of hydrogen-bond acceptors (Lipinski definition) is 2. The van der Waals surface area contributed by atoms with Gasteiger partial charge < -0.3 is 5.11 Å². The van der Waals surface area contributed by atoms with Crippen molar-refractivity contribution >= 4 is 5.78 Å². The predicted octanol–water partition coefficient (Wildman–Crippen LogP) is 1.96. The monoisotopic (exact) mass is 140 g/mol. The Bertz CT molecular complexity index is 159. The molecule has 0 aromatic heterocycles. The number of allylic oxidation sites excluding steroid dienone is 2. The van der Waals surface area contributed by atoms with Gasteiger partial charge in [-0.15, -0.1) is 0 Å². The maximum Gasteiger partial charge on any atom is 0.196 e. The average Bonchev–Trinajstić information content (AvgIpc) is 1.92. The number of carbonyl (C=O) groups excluding carboxylic acids is 1. The Balaban J connectivity index is 2.56. The summed E-state index contributed by atoms with van der Waals surface area (Å²) in [6.45, 7) is 0. The second-order valence-corrected chi connectivity index (χ2v) is 2.61. The van der Waals surface area contributed by atoms with Gasteiger partial charge in [-0.05, 0) is 25.3 Å². The lowest BCUT2D eigenvalue weighted by Gasteiger charge is -2.03. The highest BCUT2D eigenvalue weighted by molar-refractivity contribution is 5.92. The van der Waals surface area contributed by atoms with Crippen molar-refractivity contribution in [3.05, 3.63) is 11.8 Å². The topological polar surface area (TPSA) is 37.3 Å². The molecule has 0 saturated heterocycles. The number of Topliss-reactive ketones (excluding diaryl/α,β-unsaturated/α-hetero) is 1. The fraction of sp³-hybridized carbons (Fsp3) is 0.625. The molecule has 0 fully saturated rings. The summed E-state index contributed by atoms with van der Waals surface area (Å²) < 4.78 is 0. The zero-order valence-electron chi connectivity index (χ0n) is 5.97. The van der Waals surface area contributed by atoms with Crippen LogP contribution in [0.15, 0.2) is 11.8 Å². The fourth-order valence-corrected chi connectivity index (χ4v) is 1.09. The molecule has 2 heteroatoms. The maximum atomic E-state index is 10.8. The van der Waals surface area contributed by atoms with E-state index in [2.05, 4.69) is 0 Å². The first-order valence-corrected chi connectivity index (χ1v) is 3.73. The molecule has 1 aliphatic carbocycles. The molecule has 0 spiro atoms. The molecule has 1 N–H and O–H groups in total. The van der Waals surface area contributed by atoms with Crippen molar-refractivity contribution in [1.82, 2.24) is 0 Å². The van der Waals surface area contributed by atoms with Gasteiger partial charge in [-0.1, -0.05) is 6.42 Å². The molecule has 0 bridgehead atoms. The quantitative estimate of drug-likeness (QED) is 0.558. The average molecular weight is 140 g/mol. The highest BCUT2D eigenvalue weighted by Crippen LogP contribution is 2.11. The van der Waals surface area contributed by atoms with Crippen LogP contribution in [0.3, 0.4) is 0 Å². The molecule has 0 aromatic carbocycles. The van der Waals surface area contributed by atoms with Crippen molar-refractivity contribution in [2.24, 2.45) is 0 Å². The standard InChI is InChI=1S/C8H12O2/c9-7-5-3-1-2-4-6-8(7)10/h5,9H,1-4,6H2/b7-5+.